The van der Waals surface area contributed by atoms with Crippen molar-refractivity contribution in [3.63, 3.8) is 0 Å². The molecule has 1 aliphatic heterocycles. The fourth-order valence-electron chi connectivity index (χ4n) is 2.57. The van der Waals surface area contributed by atoms with Crippen LogP contribution in [0.5, 0.6) is 0 Å². The first-order valence-electron chi connectivity index (χ1n) is 5.69. The Morgan fingerprint density at radius 1 is 1.53 bits per heavy atom. The van der Waals surface area contributed by atoms with Crippen molar-refractivity contribution >= 4 is 11.3 Å². The molecule has 2 nitrogen and oxygen atoms in total. The van der Waals surface area contributed by atoms with Gasteiger partial charge in [-0.05, 0) is 58.0 Å². The maximum absolute atomic E-state index is 5.88. The molecule has 1 aromatic rings. The topological polar surface area (TPSA) is 29.3 Å². The summed E-state index contributed by atoms with van der Waals surface area (Å²) in [5.41, 5.74) is 5.88. The molecule has 15 heavy (non-hydrogen) atoms. The average Bonchev–Trinajstić information content (AvgIpc) is 2.64. The molecule has 84 valence electrons. The summed E-state index contributed by atoms with van der Waals surface area (Å²) >= 11 is 1.92. The molecule has 0 aromatic carbocycles. The van der Waals surface area contributed by atoms with E-state index < -0.39 is 0 Å². The van der Waals surface area contributed by atoms with Crippen LogP contribution in [0, 0.1) is 12.8 Å². The second-order valence-electron chi connectivity index (χ2n) is 4.51. The molecule has 0 saturated carbocycles. The van der Waals surface area contributed by atoms with Gasteiger partial charge in [-0.3, -0.25) is 4.90 Å². The predicted octanol–water partition coefficient (Wildman–Crippen LogP) is 2.40. The number of hydrogen-bond donors (Lipinski definition) is 1. The van der Waals surface area contributed by atoms with Crippen LogP contribution < -0.4 is 5.73 Å². The lowest BCUT2D eigenvalue weighted by molar-refractivity contribution is 0.128. The third-order valence-electron chi connectivity index (χ3n) is 3.36. The molecule has 0 radical (unpaired) electrons. The van der Waals surface area contributed by atoms with E-state index in [1.165, 1.54) is 29.1 Å². The van der Waals surface area contributed by atoms with E-state index in [1.807, 2.05) is 11.3 Å². The van der Waals surface area contributed by atoms with Crippen LogP contribution in [0.1, 0.15) is 28.6 Å². The standard InChI is InChI=1S/C12H20N2S/c1-9-5-6-11(15-9)12-10(8-13)4-3-7-14(12)2/h5-6,10,12H,3-4,7-8,13H2,1-2H3. The van der Waals surface area contributed by atoms with Crippen LogP contribution in [0.4, 0.5) is 0 Å². The van der Waals surface area contributed by atoms with E-state index in [9.17, 15) is 0 Å². The number of nitrogens with two attached hydrogens (primary N) is 1. The molecule has 2 unspecified atom stereocenters. The van der Waals surface area contributed by atoms with Crippen LogP contribution in [0.3, 0.4) is 0 Å². The van der Waals surface area contributed by atoms with Crippen LogP contribution in [0.25, 0.3) is 0 Å². The van der Waals surface area contributed by atoms with Crippen molar-refractivity contribution in [1.29, 1.82) is 0 Å². The van der Waals surface area contributed by atoms with Crippen LogP contribution in [0.2, 0.25) is 0 Å². The van der Waals surface area contributed by atoms with Gasteiger partial charge in [0.25, 0.3) is 0 Å². The fourth-order valence-corrected chi connectivity index (χ4v) is 3.71. The van der Waals surface area contributed by atoms with E-state index in [4.69, 9.17) is 5.73 Å². The maximum atomic E-state index is 5.88. The van der Waals surface area contributed by atoms with Crippen LogP contribution >= 0.6 is 11.3 Å². The summed E-state index contributed by atoms with van der Waals surface area (Å²) in [4.78, 5) is 5.36. The maximum Gasteiger partial charge on any atom is 0.0478 e. The normalized spacial score (nSPS) is 28.2. The first-order chi connectivity index (χ1) is 7.22. The summed E-state index contributed by atoms with van der Waals surface area (Å²) in [5.74, 6) is 0.641. The number of thiophene rings is 1. The van der Waals surface area contributed by atoms with Gasteiger partial charge in [0, 0.05) is 15.8 Å². The Labute approximate surface area is 96.1 Å². The minimum Gasteiger partial charge on any atom is -0.330 e. The van der Waals surface area contributed by atoms with Gasteiger partial charge in [-0.2, -0.15) is 0 Å². The molecule has 1 aliphatic rings. The smallest absolute Gasteiger partial charge is 0.0478 e. The van der Waals surface area contributed by atoms with Gasteiger partial charge in [0.05, 0.1) is 0 Å². The number of nitrogens with zero attached hydrogens (tertiary/aromatic N) is 1. The van der Waals surface area contributed by atoms with Crippen LogP contribution in [0.15, 0.2) is 12.1 Å². The third-order valence-corrected chi connectivity index (χ3v) is 4.43. The lowest BCUT2D eigenvalue weighted by Gasteiger charge is -2.38. The molecule has 3 heteroatoms. The highest BCUT2D eigenvalue weighted by molar-refractivity contribution is 7.12. The molecule has 0 aliphatic carbocycles. The van der Waals surface area contributed by atoms with Crippen molar-refractivity contribution in [3.05, 3.63) is 21.9 Å². The summed E-state index contributed by atoms with van der Waals surface area (Å²) in [6.45, 7) is 4.19. The molecular formula is C12H20N2S. The Bertz CT molecular complexity index is 321. The summed E-state index contributed by atoms with van der Waals surface area (Å²) in [5, 5.41) is 0. The Morgan fingerprint density at radius 3 is 2.93 bits per heavy atom. The molecule has 2 heterocycles. The Hall–Kier alpha value is -0.380. The second-order valence-corrected chi connectivity index (χ2v) is 5.83. The third kappa shape index (κ3) is 2.25. The quantitative estimate of drug-likeness (QED) is 0.836. The van der Waals surface area contributed by atoms with E-state index in [1.54, 1.807) is 0 Å². The summed E-state index contributed by atoms with van der Waals surface area (Å²) in [7, 11) is 2.22. The monoisotopic (exact) mass is 224 g/mol. The SMILES string of the molecule is Cc1ccc(C2C(CN)CCCN2C)s1. The lowest BCUT2D eigenvalue weighted by atomic mass is 9.88. The molecule has 0 amide bonds. The molecule has 2 N–H and O–H groups in total. The van der Waals surface area contributed by atoms with Gasteiger partial charge in [-0.25, -0.2) is 0 Å². The Morgan fingerprint density at radius 2 is 2.33 bits per heavy atom. The highest BCUT2D eigenvalue weighted by Gasteiger charge is 2.30. The number of rotatable bonds is 2. The Kier molecular flexibility index (Phi) is 3.44. The van der Waals surface area contributed by atoms with Crippen LogP contribution in [-0.4, -0.2) is 25.0 Å². The summed E-state index contributed by atoms with van der Waals surface area (Å²) in [6.07, 6.45) is 2.57. The fraction of sp³-hybridized carbons (Fsp3) is 0.667. The van der Waals surface area contributed by atoms with Crippen molar-refractivity contribution in [2.75, 3.05) is 20.1 Å². The van der Waals surface area contributed by atoms with E-state index >= 15 is 0 Å². The van der Waals surface area contributed by atoms with Crippen LogP contribution in [-0.2, 0) is 0 Å². The van der Waals surface area contributed by atoms with Gasteiger partial charge in [-0.15, -0.1) is 11.3 Å². The van der Waals surface area contributed by atoms with E-state index in [2.05, 4.69) is 31.0 Å². The molecule has 2 rings (SSSR count). The van der Waals surface area contributed by atoms with E-state index in [-0.39, 0.29) is 0 Å². The van der Waals surface area contributed by atoms with Crippen molar-refractivity contribution in [2.45, 2.75) is 25.8 Å². The number of piperidine rings is 1. The molecule has 1 aromatic heterocycles. The summed E-state index contributed by atoms with van der Waals surface area (Å²) < 4.78 is 0. The van der Waals surface area contributed by atoms with Gasteiger partial charge in [0.15, 0.2) is 0 Å². The zero-order chi connectivity index (χ0) is 10.8. The minimum atomic E-state index is 0.558. The first-order valence-corrected chi connectivity index (χ1v) is 6.50. The molecule has 1 saturated heterocycles. The summed E-state index contributed by atoms with van der Waals surface area (Å²) in [6, 6.07) is 5.05. The van der Waals surface area contributed by atoms with Crippen molar-refractivity contribution in [2.24, 2.45) is 11.7 Å². The molecule has 2 atom stereocenters. The zero-order valence-electron chi connectivity index (χ0n) is 9.57. The second kappa shape index (κ2) is 4.64. The zero-order valence-corrected chi connectivity index (χ0v) is 10.4. The average molecular weight is 224 g/mol. The van der Waals surface area contributed by atoms with Crippen molar-refractivity contribution in [3.8, 4) is 0 Å². The molecular weight excluding hydrogens is 204 g/mol. The van der Waals surface area contributed by atoms with Gasteiger partial charge >= 0.3 is 0 Å². The van der Waals surface area contributed by atoms with E-state index in [0.29, 0.717) is 12.0 Å². The minimum absolute atomic E-state index is 0.558. The first kappa shape index (κ1) is 11.1. The number of hydrogen-bond acceptors (Lipinski definition) is 3. The van der Waals surface area contributed by atoms with Gasteiger partial charge in [-0.1, -0.05) is 0 Å². The molecule has 0 spiro atoms. The molecule has 0 bridgehead atoms. The van der Waals surface area contributed by atoms with E-state index in [0.717, 1.165) is 6.54 Å². The van der Waals surface area contributed by atoms with Crippen molar-refractivity contribution < 1.29 is 0 Å². The van der Waals surface area contributed by atoms with Gasteiger partial charge in [0.1, 0.15) is 0 Å². The largest absolute Gasteiger partial charge is 0.330 e. The van der Waals surface area contributed by atoms with Gasteiger partial charge in [0.2, 0.25) is 0 Å². The predicted molar refractivity (Wildman–Crippen MR) is 66.2 cm³/mol. The molecule has 1 fully saturated rings. The highest BCUT2D eigenvalue weighted by Crippen LogP contribution is 2.37. The highest BCUT2D eigenvalue weighted by atomic mass is 32.1. The van der Waals surface area contributed by atoms with Crippen molar-refractivity contribution in [1.82, 2.24) is 4.90 Å². The Balaban J connectivity index is 2.22. The lowest BCUT2D eigenvalue weighted by Crippen LogP contribution is -2.38. The van der Waals surface area contributed by atoms with Gasteiger partial charge < -0.3 is 5.73 Å². The number of likely N-dealkylation sites (tertiary alicyclic amines) is 1. The number of aryl methyl sites for hydroxylation is 1.